The number of benzene rings is 9. The van der Waals surface area contributed by atoms with E-state index in [0.29, 0.717) is 0 Å². The molecule has 1 nitrogen and oxygen atoms in total. The van der Waals surface area contributed by atoms with Crippen molar-refractivity contribution < 1.29 is 0 Å². The van der Waals surface area contributed by atoms with Gasteiger partial charge in [-0.2, -0.15) is 0 Å². The van der Waals surface area contributed by atoms with Gasteiger partial charge < -0.3 is 4.90 Å². The van der Waals surface area contributed by atoms with Crippen LogP contribution in [0.5, 0.6) is 0 Å². The van der Waals surface area contributed by atoms with Crippen molar-refractivity contribution in [1.29, 1.82) is 0 Å². The maximum Gasteiger partial charge on any atom is 0.0640 e. The summed E-state index contributed by atoms with van der Waals surface area (Å²) in [6.07, 6.45) is 0. The fourth-order valence-electron chi connectivity index (χ4n) is 7.52. The van der Waals surface area contributed by atoms with Crippen LogP contribution in [0.1, 0.15) is 0 Å². The Balaban J connectivity index is 1.28. The quantitative estimate of drug-likeness (QED) is 0.176. The third-order valence-corrected chi connectivity index (χ3v) is 11.1. The van der Waals surface area contributed by atoms with Crippen molar-refractivity contribution in [2.45, 2.75) is 0 Å². The number of fused-ring (bicyclic) bond motifs is 10. The zero-order valence-corrected chi connectivity index (χ0v) is 26.9. The van der Waals surface area contributed by atoms with Crippen molar-refractivity contribution in [2.24, 2.45) is 0 Å². The Labute approximate surface area is 282 Å². The molecule has 2 heteroatoms. The summed E-state index contributed by atoms with van der Waals surface area (Å²) in [5.74, 6) is 0. The Bertz CT molecular complexity index is 2840. The van der Waals surface area contributed by atoms with E-state index in [1.807, 2.05) is 11.3 Å². The molecule has 10 rings (SSSR count). The van der Waals surface area contributed by atoms with Crippen LogP contribution in [0.3, 0.4) is 0 Å². The highest BCUT2D eigenvalue weighted by Crippen LogP contribution is 2.47. The maximum absolute atomic E-state index is 2.47. The second-order valence-electron chi connectivity index (χ2n) is 12.5. The van der Waals surface area contributed by atoms with E-state index < -0.39 is 0 Å². The van der Waals surface area contributed by atoms with E-state index in [1.54, 1.807) is 0 Å². The van der Waals surface area contributed by atoms with E-state index in [0.717, 1.165) is 11.4 Å². The average molecular weight is 628 g/mol. The van der Waals surface area contributed by atoms with E-state index in [-0.39, 0.29) is 0 Å². The number of hydrogen-bond acceptors (Lipinski definition) is 2. The Morgan fingerprint density at radius 2 is 0.917 bits per heavy atom. The van der Waals surface area contributed by atoms with Crippen LogP contribution in [0.2, 0.25) is 0 Å². The summed E-state index contributed by atoms with van der Waals surface area (Å²) in [6, 6.07) is 64.5. The maximum atomic E-state index is 2.47. The molecule has 0 bridgehead atoms. The number of thiophene rings is 1. The molecule has 0 aliphatic carbocycles. The van der Waals surface area contributed by atoms with Crippen LogP contribution in [0, 0.1) is 0 Å². The van der Waals surface area contributed by atoms with Crippen molar-refractivity contribution in [3.63, 3.8) is 0 Å². The van der Waals surface area contributed by atoms with Gasteiger partial charge in [0.25, 0.3) is 0 Å². The molecule has 0 N–H and O–H groups in total. The summed E-state index contributed by atoms with van der Waals surface area (Å²) < 4.78 is 2.63. The molecule has 0 radical (unpaired) electrons. The molecule has 0 saturated heterocycles. The van der Waals surface area contributed by atoms with Gasteiger partial charge in [-0.3, -0.25) is 0 Å². The summed E-state index contributed by atoms with van der Waals surface area (Å²) >= 11 is 1.90. The van der Waals surface area contributed by atoms with Crippen molar-refractivity contribution in [2.75, 3.05) is 4.90 Å². The van der Waals surface area contributed by atoms with E-state index in [1.165, 1.54) is 80.1 Å². The predicted octanol–water partition coefficient (Wildman–Crippen LogP) is 13.8. The van der Waals surface area contributed by atoms with Crippen LogP contribution in [0.25, 0.3) is 74.4 Å². The highest BCUT2D eigenvalue weighted by molar-refractivity contribution is 7.27. The summed E-state index contributed by atoms with van der Waals surface area (Å²) in [4.78, 5) is 2.47. The molecule has 0 saturated carbocycles. The molecule has 0 aliphatic heterocycles. The molecular weight excluding hydrogens is 599 g/mol. The van der Waals surface area contributed by atoms with Crippen LogP contribution >= 0.6 is 11.3 Å². The van der Waals surface area contributed by atoms with Gasteiger partial charge >= 0.3 is 0 Å². The zero-order chi connectivity index (χ0) is 31.6. The summed E-state index contributed by atoms with van der Waals surface area (Å²) in [5.41, 5.74) is 5.87. The highest BCUT2D eigenvalue weighted by Gasteiger charge is 2.20. The fraction of sp³-hybridized carbons (Fsp3) is 0. The lowest BCUT2D eigenvalue weighted by molar-refractivity contribution is 1.31. The molecule has 0 amide bonds. The molecule has 1 aromatic heterocycles. The highest BCUT2D eigenvalue weighted by atomic mass is 32.1. The lowest BCUT2D eigenvalue weighted by Gasteiger charge is -2.27. The van der Waals surface area contributed by atoms with Gasteiger partial charge in [0.2, 0.25) is 0 Å². The van der Waals surface area contributed by atoms with Crippen molar-refractivity contribution in [1.82, 2.24) is 0 Å². The van der Waals surface area contributed by atoms with Crippen LogP contribution in [-0.4, -0.2) is 0 Å². The first-order valence-electron chi connectivity index (χ1n) is 16.4. The number of nitrogens with zero attached hydrogens (tertiary/aromatic N) is 1. The normalized spacial score (nSPS) is 11.8. The average Bonchev–Trinajstić information content (AvgIpc) is 3.55. The Morgan fingerprint density at radius 1 is 0.333 bits per heavy atom. The van der Waals surface area contributed by atoms with E-state index in [9.17, 15) is 0 Å². The fourth-order valence-corrected chi connectivity index (χ4v) is 8.86. The standard InChI is InChI=1S/C46H29NS/c1-2-10-30(11-3-1)35-14-8-15-36(28-35)47(43-19-9-18-40-41-27-25-32-13-5-7-17-39(32)45(41)48-46(40)43)37-26-24-33-21-23-34-22-20-31-12-4-6-16-38(31)44(34)42(33)29-37/h1-29H. The zero-order valence-electron chi connectivity index (χ0n) is 26.1. The molecule has 0 unspecified atom stereocenters. The smallest absolute Gasteiger partial charge is 0.0640 e. The summed E-state index contributed by atoms with van der Waals surface area (Å²) in [6.45, 7) is 0. The first kappa shape index (κ1) is 27.2. The topological polar surface area (TPSA) is 3.24 Å². The number of rotatable bonds is 4. The molecule has 48 heavy (non-hydrogen) atoms. The molecule has 9 aromatic carbocycles. The van der Waals surface area contributed by atoms with Gasteiger partial charge in [-0.25, -0.2) is 0 Å². The number of anilines is 3. The van der Waals surface area contributed by atoms with Gasteiger partial charge in [0, 0.05) is 26.8 Å². The van der Waals surface area contributed by atoms with Gasteiger partial charge in [-0.15, -0.1) is 11.3 Å². The van der Waals surface area contributed by atoms with Crippen LogP contribution < -0.4 is 4.90 Å². The van der Waals surface area contributed by atoms with Gasteiger partial charge in [0.05, 0.1) is 10.4 Å². The molecule has 0 aliphatic rings. The van der Waals surface area contributed by atoms with Gasteiger partial charge in [0.15, 0.2) is 0 Å². The molecule has 10 aromatic rings. The first-order chi connectivity index (χ1) is 23.8. The van der Waals surface area contributed by atoms with Gasteiger partial charge in [0.1, 0.15) is 0 Å². The predicted molar refractivity (Wildman–Crippen MR) is 209 cm³/mol. The van der Waals surface area contributed by atoms with Crippen LogP contribution in [0.15, 0.2) is 176 Å². The molecule has 0 atom stereocenters. The van der Waals surface area contributed by atoms with E-state index >= 15 is 0 Å². The van der Waals surface area contributed by atoms with Crippen LogP contribution in [0.4, 0.5) is 17.1 Å². The molecule has 0 spiro atoms. The van der Waals surface area contributed by atoms with Crippen molar-refractivity contribution in [3.05, 3.63) is 176 Å². The Morgan fingerprint density at radius 3 is 1.77 bits per heavy atom. The van der Waals surface area contributed by atoms with Crippen LogP contribution in [-0.2, 0) is 0 Å². The molecular formula is C46H29NS. The molecule has 0 fully saturated rings. The summed E-state index contributed by atoms with van der Waals surface area (Å²) in [5, 5.41) is 12.8. The van der Waals surface area contributed by atoms with E-state index in [2.05, 4.69) is 181 Å². The largest absolute Gasteiger partial charge is 0.309 e. The molecule has 224 valence electrons. The van der Waals surface area contributed by atoms with Crippen molar-refractivity contribution in [3.8, 4) is 11.1 Å². The first-order valence-corrected chi connectivity index (χ1v) is 17.2. The lowest BCUT2D eigenvalue weighted by atomic mass is 9.96. The minimum absolute atomic E-state index is 1.13. The van der Waals surface area contributed by atoms with Crippen molar-refractivity contribution >= 4 is 91.7 Å². The Hall–Kier alpha value is -5.96. The molecule has 1 heterocycles. The van der Waals surface area contributed by atoms with Gasteiger partial charge in [-0.05, 0) is 84.5 Å². The minimum atomic E-state index is 1.13. The third kappa shape index (κ3) is 4.24. The Kier molecular flexibility index (Phi) is 6.12. The second-order valence-corrected chi connectivity index (χ2v) is 13.5. The monoisotopic (exact) mass is 627 g/mol. The summed E-state index contributed by atoms with van der Waals surface area (Å²) in [7, 11) is 0. The SMILES string of the molecule is c1ccc(-c2cccc(N(c3ccc4ccc5ccc6ccccc6c5c4c3)c3cccc4c3sc3c5ccccc5ccc43)c2)cc1. The minimum Gasteiger partial charge on any atom is -0.309 e. The van der Waals surface area contributed by atoms with E-state index in [4.69, 9.17) is 0 Å². The number of hydrogen-bond donors (Lipinski definition) is 0. The lowest BCUT2D eigenvalue weighted by Crippen LogP contribution is -2.10. The second kappa shape index (κ2) is 10.8. The third-order valence-electron chi connectivity index (χ3n) is 9.79. The van der Waals surface area contributed by atoms with Gasteiger partial charge in [-0.1, -0.05) is 146 Å².